The molecule has 0 bridgehead atoms. The smallest absolute Gasteiger partial charge is 0.191 e. The van der Waals surface area contributed by atoms with Crippen LogP contribution in [-0.2, 0) is 4.74 Å². The molecule has 1 unspecified atom stereocenters. The average Bonchev–Trinajstić information content (AvgIpc) is 3.35. The van der Waals surface area contributed by atoms with E-state index in [2.05, 4.69) is 33.8 Å². The predicted molar refractivity (Wildman–Crippen MR) is 104 cm³/mol. The van der Waals surface area contributed by atoms with Crippen LogP contribution in [-0.4, -0.2) is 44.4 Å². The summed E-state index contributed by atoms with van der Waals surface area (Å²) in [7, 11) is 1.74. The topological polar surface area (TPSA) is 65.9 Å². The van der Waals surface area contributed by atoms with Crippen molar-refractivity contribution in [1.82, 2.24) is 10.6 Å². The van der Waals surface area contributed by atoms with Gasteiger partial charge in [-0.15, -0.1) is 11.3 Å². The van der Waals surface area contributed by atoms with E-state index in [4.69, 9.17) is 4.74 Å². The maximum atomic E-state index is 10.4. The molecule has 0 radical (unpaired) electrons. The number of fused-ring (bicyclic) bond motifs is 1. The lowest BCUT2D eigenvalue weighted by molar-refractivity contribution is 0.123. The zero-order valence-electron chi connectivity index (χ0n) is 14.7. The predicted octanol–water partition coefficient (Wildman–Crippen LogP) is 2.92. The summed E-state index contributed by atoms with van der Waals surface area (Å²) in [6.45, 7) is 2.94. The van der Waals surface area contributed by atoms with Crippen molar-refractivity contribution in [3.63, 3.8) is 0 Å². The SMILES string of the molecule is CN=C(NCCCOCC1CC1)NCC(O)c1cc2ccccc2s1. The second-order valence-electron chi connectivity index (χ2n) is 6.45. The third-order valence-corrected chi connectivity index (χ3v) is 5.49. The van der Waals surface area contributed by atoms with E-state index in [-0.39, 0.29) is 0 Å². The number of ether oxygens (including phenoxy) is 1. The van der Waals surface area contributed by atoms with Gasteiger partial charge >= 0.3 is 0 Å². The van der Waals surface area contributed by atoms with Crippen molar-refractivity contribution < 1.29 is 9.84 Å². The highest BCUT2D eigenvalue weighted by molar-refractivity contribution is 7.19. The molecule has 0 aliphatic heterocycles. The first-order valence-corrected chi connectivity index (χ1v) is 9.76. The lowest BCUT2D eigenvalue weighted by atomic mass is 10.2. The standard InChI is InChI=1S/C19H27N3O2S/c1-20-19(21-9-4-10-24-13-14-7-8-14)22-12-16(23)18-11-15-5-2-3-6-17(15)25-18/h2-3,5-6,11,14,16,23H,4,7-10,12-13H2,1H3,(H2,20,21,22). The normalized spacial score (nSPS) is 16.2. The number of hydrogen-bond acceptors (Lipinski definition) is 4. The largest absolute Gasteiger partial charge is 0.386 e. The summed E-state index contributed by atoms with van der Waals surface area (Å²) in [6, 6.07) is 10.2. The molecule has 6 heteroatoms. The summed E-state index contributed by atoms with van der Waals surface area (Å²) in [4.78, 5) is 5.17. The Bertz CT molecular complexity index is 664. The zero-order valence-corrected chi connectivity index (χ0v) is 15.5. The molecule has 1 aliphatic rings. The van der Waals surface area contributed by atoms with Crippen LogP contribution >= 0.6 is 11.3 Å². The molecule has 3 rings (SSSR count). The Balaban J connectivity index is 1.36. The molecule has 25 heavy (non-hydrogen) atoms. The Labute approximate surface area is 153 Å². The van der Waals surface area contributed by atoms with Gasteiger partial charge in [-0.25, -0.2) is 0 Å². The van der Waals surface area contributed by atoms with Gasteiger partial charge in [-0.3, -0.25) is 4.99 Å². The van der Waals surface area contributed by atoms with E-state index >= 15 is 0 Å². The van der Waals surface area contributed by atoms with Gasteiger partial charge < -0.3 is 20.5 Å². The Kier molecular flexibility index (Phi) is 6.67. The molecule has 1 aromatic heterocycles. The summed E-state index contributed by atoms with van der Waals surface area (Å²) in [5.74, 6) is 1.53. The van der Waals surface area contributed by atoms with Crippen LogP contribution in [0.1, 0.15) is 30.2 Å². The van der Waals surface area contributed by atoms with Crippen molar-refractivity contribution in [3.05, 3.63) is 35.2 Å². The molecule has 1 aliphatic carbocycles. The lowest BCUT2D eigenvalue weighted by Gasteiger charge is -2.14. The summed E-state index contributed by atoms with van der Waals surface area (Å²) in [5, 5.41) is 18.0. The number of aliphatic hydroxyl groups is 1. The van der Waals surface area contributed by atoms with Crippen LogP contribution in [0, 0.1) is 5.92 Å². The Morgan fingerprint density at radius 2 is 2.20 bits per heavy atom. The number of benzene rings is 1. The molecule has 1 fully saturated rings. The van der Waals surface area contributed by atoms with Crippen LogP contribution in [0.5, 0.6) is 0 Å². The van der Waals surface area contributed by atoms with Crippen molar-refractivity contribution in [2.75, 3.05) is 33.4 Å². The van der Waals surface area contributed by atoms with Crippen molar-refractivity contribution in [1.29, 1.82) is 0 Å². The molecule has 2 aromatic rings. The fourth-order valence-electron chi connectivity index (χ4n) is 2.60. The Morgan fingerprint density at radius 1 is 1.36 bits per heavy atom. The number of aliphatic imine (C=N–C) groups is 1. The summed E-state index contributed by atoms with van der Waals surface area (Å²) in [5.41, 5.74) is 0. The fraction of sp³-hybridized carbons (Fsp3) is 0.526. The number of aliphatic hydroxyl groups excluding tert-OH is 1. The number of nitrogens with zero attached hydrogens (tertiary/aromatic N) is 1. The van der Waals surface area contributed by atoms with Gasteiger partial charge in [0.15, 0.2) is 5.96 Å². The highest BCUT2D eigenvalue weighted by Gasteiger charge is 2.20. The van der Waals surface area contributed by atoms with Gasteiger partial charge in [0.05, 0.1) is 0 Å². The number of guanidine groups is 1. The van der Waals surface area contributed by atoms with E-state index in [1.165, 1.54) is 22.9 Å². The molecular formula is C19H27N3O2S. The number of rotatable bonds is 9. The summed E-state index contributed by atoms with van der Waals surface area (Å²) in [6.07, 6.45) is 3.07. The number of nitrogens with one attached hydrogen (secondary N) is 2. The van der Waals surface area contributed by atoms with E-state index in [0.29, 0.717) is 12.5 Å². The van der Waals surface area contributed by atoms with Gasteiger partial charge in [-0.2, -0.15) is 0 Å². The van der Waals surface area contributed by atoms with Gasteiger partial charge in [0.1, 0.15) is 6.10 Å². The molecule has 5 nitrogen and oxygen atoms in total. The van der Waals surface area contributed by atoms with Crippen LogP contribution in [0.15, 0.2) is 35.3 Å². The third-order valence-electron chi connectivity index (χ3n) is 4.27. The van der Waals surface area contributed by atoms with Crippen LogP contribution in [0.4, 0.5) is 0 Å². The van der Waals surface area contributed by atoms with Gasteiger partial charge in [-0.1, -0.05) is 18.2 Å². The second kappa shape index (κ2) is 9.17. The van der Waals surface area contributed by atoms with E-state index < -0.39 is 6.10 Å². The Morgan fingerprint density at radius 3 is 2.96 bits per heavy atom. The van der Waals surface area contributed by atoms with Crippen LogP contribution in [0.2, 0.25) is 0 Å². The van der Waals surface area contributed by atoms with E-state index in [0.717, 1.165) is 37.0 Å². The monoisotopic (exact) mass is 361 g/mol. The molecular weight excluding hydrogens is 334 g/mol. The van der Waals surface area contributed by atoms with Crippen molar-refractivity contribution in [2.45, 2.75) is 25.4 Å². The van der Waals surface area contributed by atoms with Crippen LogP contribution < -0.4 is 10.6 Å². The number of hydrogen-bond donors (Lipinski definition) is 3. The maximum absolute atomic E-state index is 10.4. The van der Waals surface area contributed by atoms with E-state index in [9.17, 15) is 5.11 Å². The molecule has 1 heterocycles. The van der Waals surface area contributed by atoms with Gasteiger partial charge in [0.25, 0.3) is 0 Å². The Hall–Kier alpha value is -1.63. The summed E-state index contributed by atoms with van der Waals surface area (Å²) >= 11 is 1.63. The highest BCUT2D eigenvalue weighted by atomic mass is 32.1. The highest BCUT2D eigenvalue weighted by Crippen LogP contribution is 2.29. The quantitative estimate of drug-likeness (QED) is 0.365. The molecule has 0 saturated heterocycles. The maximum Gasteiger partial charge on any atom is 0.191 e. The first-order valence-electron chi connectivity index (χ1n) is 8.95. The molecule has 0 amide bonds. The zero-order chi connectivity index (χ0) is 17.5. The van der Waals surface area contributed by atoms with Crippen molar-refractivity contribution in [2.24, 2.45) is 10.9 Å². The molecule has 136 valence electrons. The molecule has 1 aromatic carbocycles. The first kappa shape index (κ1) is 18.2. The van der Waals surface area contributed by atoms with Crippen LogP contribution in [0.3, 0.4) is 0 Å². The van der Waals surface area contributed by atoms with Crippen molar-refractivity contribution >= 4 is 27.4 Å². The third kappa shape index (κ3) is 5.70. The lowest BCUT2D eigenvalue weighted by Crippen LogP contribution is -2.39. The van der Waals surface area contributed by atoms with Crippen LogP contribution in [0.25, 0.3) is 10.1 Å². The number of thiophene rings is 1. The van der Waals surface area contributed by atoms with Gasteiger partial charge in [0, 0.05) is 42.9 Å². The molecule has 1 atom stereocenters. The second-order valence-corrected chi connectivity index (χ2v) is 7.57. The fourth-order valence-corrected chi connectivity index (χ4v) is 3.65. The average molecular weight is 362 g/mol. The summed E-state index contributed by atoms with van der Waals surface area (Å²) < 4.78 is 6.82. The van der Waals surface area contributed by atoms with Gasteiger partial charge in [0.2, 0.25) is 0 Å². The molecule has 0 spiro atoms. The molecule has 1 saturated carbocycles. The minimum atomic E-state index is -0.544. The van der Waals surface area contributed by atoms with E-state index in [1.807, 2.05) is 12.1 Å². The minimum absolute atomic E-state index is 0.435. The minimum Gasteiger partial charge on any atom is -0.386 e. The van der Waals surface area contributed by atoms with Crippen molar-refractivity contribution in [3.8, 4) is 0 Å². The van der Waals surface area contributed by atoms with E-state index in [1.54, 1.807) is 18.4 Å². The van der Waals surface area contributed by atoms with Gasteiger partial charge in [-0.05, 0) is 42.7 Å². The first-order chi connectivity index (χ1) is 12.3. The molecule has 3 N–H and O–H groups in total.